The number of rotatable bonds is 17. The van der Waals surface area contributed by atoms with Crippen molar-refractivity contribution in [3.63, 3.8) is 0 Å². The molecule has 4 rings (SSSR count). The summed E-state index contributed by atoms with van der Waals surface area (Å²) in [6, 6.07) is 11.6. The van der Waals surface area contributed by atoms with Gasteiger partial charge in [0, 0.05) is 21.6 Å². The lowest BCUT2D eigenvalue weighted by molar-refractivity contribution is -0.142. The summed E-state index contributed by atoms with van der Waals surface area (Å²) in [6.07, 6.45) is 0.609. The third-order valence-corrected chi connectivity index (χ3v) is 10.1. The van der Waals surface area contributed by atoms with Gasteiger partial charge in [0.25, 0.3) is 0 Å². The number of azo groups is 2. The van der Waals surface area contributed by atoms with Gasteiger partial charge in [-0.25, -0.2) is 9.59 Å². The Balaban J connectivity index is 1.37. The molecule has 0 aliphatic heterocycles. The summed E-state index contributed by atoms with van der Waals surface area (Å²) in [5, 5.41) is 23.6. The number of aromatic nitrogens is 4. The zero-order valence-electron chi connectivity index (χ0n) is 27.3. The minimum atomic E-state index is -0.856. The standard InChI is InChI=1S/C30H30Cl4N12O4S2/c1-49-27(47)19(37-25-21(23(33)39-29(35)41-25)45-43-17-7-3-15(31)4-8-17)11-13-51-52-14-12-20(28(48)50-2)38-26-22(24(34)40-30(36)42-26)46-44-18-9-5-16(32)6-10-18/h3-10,19-20H,11-14H2,1-2H3,(H3,35,37,39,41)(H3,36,38,40,42). The number of esters is 2. The van der Waals surface area contributed by atoms with Crippen LogP contribution < -0.4 is 22.1 Å². The van der Waals surface area contributed by atoms with Crippen molar-refractivity contribution < 1.29 is 19.1 Å². The van der Waals surface area contributed by atoms with Gasteiger partial charge in [-0.3, -0.25) is 0 Å². The topological polar surface area (TPSA) is 230 Å². The van der Waals surface area contributed by atoms with Crippen LogP contribution >= 0.6 is 68.0 Å². The molecule has 2 heterocycles. The minimum Gasteiger partial charge on any atom is -0.467 e. The van der Waals surface area contributed by atoms with Crippen LogP contribution in [0.4, 0.5) is 46.3 Å². The van der Waals surface area contributed by atoms with Gasteiger partial charge in [0.05, 0.1) is 25.6 Å². The average Bonchev–Trinajstić information content (AvgIpc) is 3.11. The molecule has 6 N–H and O–H groups in total. The highest BCUT2D eigenvalue weighted by atomic mass is 35.5. The van der Waals surface area contributed by atoms with E-state index in [4.69, 9.17) is 67.3 Å². The summed E-state index contributed by atoms with van der Waals surface area (Å²) in [5.41, 5.74) is 12.8. The Morgan fingerprint density at radius 1 is 0.654 bits per heavy atom. The fourth-order valence-corrected chi connectivity index (χ4v) is 6.92. The van der Waals surface area contributed by atoms with E-state index in [0.29, 0.717) is 45.8 Å². The van der Waals surface area contributed by atoms with Gasteiger partial charge in [0.2, 0.25) is 11.9 Å². The number of nitrogens with one attached hydrogen (secondary N) is 2. The van der Waals surface area contributed by atoms with E-state index in [1.54, 1.807) is 48.5 Å². The monoisotopic (exact) mass is 826 g/mol. The Morgan fingerprint density at radius 2 is 1.02 bits per heavy atom. The Labute approximate surface area is 325 Å². The fraction of sp³-hybridized carbons (Fsp3) is 0.267. The van der Waals surface area contributed by atoms with E-state index in [2.05, 4.69) is 51.0 Å². The van der Waals surface area contributed by atoms with Crippen molar-refractivity contribution in [2.45, 2.75) is 24.9 Å². The first-order valence-corrected chi connectivity index (χ1v) is 18.9. The molecule has 22 heteroatoms. The molecule has 0 saturated heterocycles. The van der Waals surface area contributed by atoms with Crippen molar-refractivity contribution in [1.29, 1.82) is 0 Å². The van der Waals surface area contributed by atoms with Crippen LogP contribution in [0.15, 0.2) is 69.0 Å². The van der Waals surface area contributed by atoms with Gasteiger partial charge in [0.1, 0.15) is 12.1 Å². The van der Waals surface area contributed by atoms with Gasteiger partial charge in [0.15, 0.2) is 33.3 Å². The molecule has 0 fully saturated rings. The molecule has 274 valence electrons. The predicted octanol–water partition coefficient (Wildman–Crippen LogP) is 8.64. The molecule has 2 unspecified atom stereocenters. The molecular weight excluding hydrogens is 798 g/mol. The van der Waals surface area contributed by atoms with Crippen molar-refractivity contribution in [1.82, 2.24) is 19.9 Å². The summed E-state index contributed by atoms with van der Waals surface area (Å²) in [7, 11) is 5.47. The number of nitrogens with two attached hydrogens (primary N) is 2. The Morgan fingerprint density at radius 3 is 1.37 bits per heavy atom. The maximum absolute atomic E-state index is 12.7. The minimum absolute atomic E-state index is 0.0707. The summed E-state index contributed by atoms with van der Waals surface area (Å²) in [4.78, 5) is 41.7. The summed E-state index contributed by atoms with van der Waals surface area (Å²) < 4.78 is 10.0. The molecule has 52 heavy (non-hydrogen) atoms. The van der Waals surface area contributed by atoms with E-state index in [9.17, 15) is 9.59 Å². The highest BCUT2D eigenvalue weighted by Gasteiger charge is 2.25. The number of halogens is 4. The van der Waals surface area contributed by atoms with Crippen LogP contribution in [0.5, 0.6) is 0 Å². The van der Waals surface area contributed by atoms with Crippen molar-refractivity contribution >= 4 is 126 Å². The van der Waals surface area contributed by atoms with Gasteiger partial charge in [-0.1, -0.05) is 68.0 Å². The largest absolute Gasteiger partial charge is 0.467 e. The second kappa shape index (κ2) is 20.1. The zero-order valence-corrected chi connectivity index (χ0v) is 32.0. The summed E-state index contributed by atoms with van der Waals surface area (Å²) >= 11 is 24.5. The van der Waals surface area contributed by atoms with Crippen LogP contribution in [-0.2, 0) is 19.1 Å². The third-order valence-electron chi connectivity index (χ3n) is 6.56. The van der Waals surface area contributed by atoms with Crippen molar-refractivity contribution in [2.24, 2.45) is 20.5 Å². The number of benzene rings is 2. The molecule has 4 aromatic rings. The van der Waals surface area contributed by atoms with Gasteiger partial charge in [-0.05, 0) is 61.4 Å². The number of carbonyl (C=O) groups excluding carboxylic acids is 2. The average molecular weight is 829 g/mol. The van der Waals surface area contributed by atoms with E-state index in [-0.39, 0.29) is 45.2 Å². The van der Waals surface area contributed by atoms with Crippen molar-refractivity contribution in [3.8, 4) is 0 Å². The number of hydrogen-bond donors (Lipinski definition) is 4. The SMILES string of the molecule is COC(=O)C(CCSSCCC(Nc1nc(N)nc(Cl)c1N=Nc1ccc(Cl)cc1)C(=O)OC)Nc1nc(N)nc(Cl)c1N=Nc1ccc(Cl)cc1. The predicted molar refractivity (Wildman–Crippen MR) is 207 cm³/mol. The van der Waals surface area contributed by atoms with Crippen molar-refractivity contribution in [2.75, 3.05) is 47.8 Å². The number of nitrogen functional groups attached to an aromatic ring is 2. The third kappa shape index (κ3) is 12.2. The molecule has 0 bridgehead atoms. The van der Waals surface area contributed by atoms with Gasteiger partial charge in [-0.2, -0.15) is 30.2 Å². The molecule has 0 aliphatic rings. The quantitative estimate of drug-likeness (QED) is 0.0257. The van der Waals surface area contributed by atoms with Gasteiger partial charge in [-0.15, -0.1) is 10.2 Å². The Bertz CT molecular complexity index is 1770. The lowest BCUT2D eigenvalue weighted by Gasteiger charge is -2.19. The molecule has 0 radical (unpaired) electrons. The molecule has 0 amide bonds. The maximum Gasteiger partial charge on any atom is 0.328 e. The van der Waals surface area contributed by atoms with Crippen LogP contribution in [0, 0.1) is 0 Å². The second-order valence-electron chi connectivity index (χ2n) is 10.2. The zero-order chi connectivity index (χ0) is 37.6. The summed E-state index contributed by atoms with van der Waals surface area (Å²) in [6.45, 7) is 0. The first-order chi connectivity index (χ1) is 25.0. The first kappa shape index (κ1) is 40.6. The highest BCUT2D eigenvalue weighted by molar-refractivity contribution is 8.76. The van der Waals surface area contributed by atoms with Gasteiger partial charge < -0.3 is 31.6 Å². The lowest BCUT2D eigenvalue weighted by atomic mass is 10.2. The van der Waals surface area contributed by atoms with Crippen LogP contribution in [0.1, 0.15) is 12.8 Å². The number of methoxy groups -OCH3 is 2. The Hall–Kier alpha value is -4.20. The lowest BCUT2D eigenvalue weighted by Crippen LogP contribution is -2.32. The van der Waals surface area contributed by atoms with E-state index in [1.165, 1.54) is 35.8 Å². The second-order valence-corrected chi connectivity index (χ2v) is 14.4. The number of nitrogens with zero attached hydrogens (tertiary/aromatic N) is 8. The normalized spacial score (nSPS) is 12.5. The van der Waals surface area contributed by atoms with Gasteiger partial charge >= 0.3 is 11.9 Å². The smallest absolute Gasteiger partial charge is 0.328 e. The number of ether oxygens (including phenoxy) is 2. The van der Waals surface area contributed by atoms with Crippen LogP contribution in [0.3, 0.4) is 0 Å². The molecular formula is C30H30Cl4N12O4S2. The van der Waals surface area contributed by atoms with Crippen LogP contribution in [0.2, 0.25) is 20.4 Å². The molecule has 0 aliphatic carbocycles. The molecule has 0 spiro atoms. The number of carbonyl (C=O) groups is 2. The van der Waals surface area contributed by atoms with Crippen LogP contribution in [-0.4, -0.2) is 69.7 Å². The Kier molecular flexibility index (Phi) is 15.7. The van der Waals surface area contributed by atoms with Crippen LogP contribution in [0.25, 0.3) is 0 Å². The first-order valence-electron chi connectivity index (χ1n) is 14.9. The molecule has 2 aromatic heterocycles. The van der Waals surface area contributed by atoms with E-state index >= 15 is 0 Å². The van der Waals surface area contributed by atoms with E-state index in [1.807, 2.05) is 0 Å². The molecule has 16 nitrogen and oxygen atoms in total. The number of hydrogen-bond acceptors (Lipinski definition) is 18. The summed E-state index contributed by atoms with van der Waals surface area (Å²) in [5.74, 6) is -0.232. The highest BCUT2D eigenvalue weighted by Crippen LogP contribution is 2.36. The molecule has 0 saturated carbocycles. The molecule has 2 atom stereocenters. The maximum atomic E-state index is 12.7. The fourth-order valence-electron chi connectivity index (χ4n) is 4.06. The number of anilines is 4. The van der Waals surface area contributed by atoms with E-state index < -0.39 is 24.0 Å². The molecule has 2 aromatic carbocycles. The van der Waals surface area contributed by atoms with E-state index in [0.717, 1.165) is 0 Å². The van der Waals surface area contributed by atoms with Crippen molar-refractivity contribution in [3.05, 3.63) is 68.9 Å².